The summed E-state index contributed by atoms with van der Waals surface area (Å²) in [5.74, 6) is 0.206. The third-order valence-electron chi connectivity index (χ3n) is 3.17. The summed E-state index contributed by atoms with van der Waals surface area (Å²) in [5.41, 5.74) is 8.36. The van der Waals surface area contributed by atoms with Crippen LogP contribution in [0.5, 0.6) is 11.6 Å². The summed E-state index contributed by atoms with van der Waals surface area (Å²) >= 11 is 0. The molecule has 0 aliphatic rings. The molecule has 0 saturated heterocycles. The van der Waals surface area contributed by atoms with Crippen LogP contribution in [0.1, 0.15) is 5.69 Å². The van der Waals surface area contributed by atoms with Gasteiger partial charge in [0.1, 0.15) is 11.6 Å². The number of nitrogens with two attached hydrogens (primary N) is 1. The molecule has 110 valence electrons. The number of ether oxygens (including phenoxy) is 1. The maximum Gasteiger partial charge on any atom is 0.219 e. The molecular formula is C17H14FN3O. The van der Waals surface area contributed by atoms with E-state index in [-0.39, 0.29) is 5.69 Å². The molecule has 0 atom stereocenters. The van der Waals surface area contributed by atoms with Gasteiger partial charge in [-0.25, -0.2) is 9.37 Å². The lowest BCUT2D eigenvalue weighted by molar-refractivity contribution is 0.459. The van der Waals surface area contributed by atoms with Crippen molar-refractivity contribution in [1.29, 1.82) is 0 Å². The van der Waals surface area contributed by atoms with Gasteiger partial charge in [-0.2, -0.15) is 0 Å². The Hall–Kier alpha value is -2.95. The van der Waals surface area contributed by atoms with Crippen LogP contribution in [0.2, 0.25) is 0 Å². The van der Waals surface area contributed by atoms with E-state index in [1.54, 1.807) is 24.5 Å². The Morgan fingerprint density at radius 3 is 2.59 bits per heavy atom. The number of halogens is 1. The maximum absolute atomic E-state index is 13.4. The molecule has 0 saturated carbocycles. The molecule has 4 nitrogen and oxygen atoms in total. The van der Waals surface area contributed by atoms with Gasteiger partial charge in [-0.15, -0.1) is 0 Å². The highest BCUT2D eigenvalue weighted by Gasteiger charge is 2.05. The van der Waals surface area contributed by atoms with E-state index in [0.29, 0.717) is 11.6 Å². The minimum Gasteiger partial charge on any atom is -0.439 e. The molecular weight excluding hydrogens is 281 g/mol. The van der Waals surface area contributed by atoms with Gasteiger partial charge in [0.2, 0.25) is 5.88 Å². The first-order valence-corrected chi connectivity index (χ1v) is 6.74. The number of nitrogen functional groups attached to an aromatic ring is 1. The second kappa shape index (κ2) is 5.81. The highest BCUT2D eigenvalue weighted by molar-refractivity contribution is 5.63. The van der Waals surface area contributed by atoms with Crippen LogP contribution in [0.25, 0.3) is 11.1 Å². The van der Waals surface area contributed by atoms with Gasteiger partial charge in [0.15, 0.2) is 0 Å². The lowest BCUT2D eigenvalue weighted by Crippen LogP contribution is -1.93. The number of rotatable bonds is 3. The van der Waals surface area contributed by atoms with E-state index in [1.807, 2.05) is 25.1 Å². The van der Waals surface area contributed by atoms with Crippen molar-refractivity contribution in [2.45, 2.75) is 6.92 Å². The second-order valence-electron chi connectivity index (χ2n) is 4.86. The van der Waals surface area contributed by atoms with Crippen molar-refractivity contribution < 1.29 is 9.13 Å². The quantitative estimate of drug-likeness (QED) is 0.743. The fraction of sp³-hybridized carbons (Fsp3) is 0.0588. The number of aromatic nitrogens is 2. The topological polar surface area (TPSA) is 61.0 Å². The SMILES string of the molecule is Cc1ccc(-c2ccnc(Oc3ccc(N)c(F)c3)c2)cn1. The van der Waals surface area contributed by atoms with Gasteiger partial charge in [-0.05, 0) is 36.8 Å². The highest BCUT2D eigenvalue weighted by Crippen LogP contribution is 2.26. The number of nitrogens with zero attached hydrogens (tertiary/aromatic N) is 2. The largest absolute Gasteiger partial charge is 0.439 e. The molecule has 0 fully saturated rings. The number of aryl methyl sites for hydroxylation is 1. The molecule has 0 aliphatic heterocycles. The predicted octanol–water partition coefficient (Wildman–Crippen LogP) is 3.97. The zero-order valence-electron chi connectivity index (χ0n) is 12.0. The van der Waals surface area contributed by atoms with Gasteiger partial charge in [0, 0.05) is 35.8 Å². The fourth-order valence-corrected chi connectivity index (χ4v) is 1.98. The molecule has 0 radical (unpaired) electrons. The van der Waals surface area contributed by atoms with Crippen LogP contribution in [-0.2, 0) is 0 Å². The van der Waals surface area contributed by atoms with Gasteiger partial charge in [0.25, 0.3) is 0 Å². The average molecular weight is 295 g/mol. The summed E-state index contributed by atoms with van der Waals surface area (Å²) in [5, 5.41) is 0. The van der Waals surface area contributed by atoms with Gasteiger partial charge in [-0.3, -0.25) is 4.98 Å². The molecule has 5 heteroatoms. The minimum absolute atomic E-state index is 0.0831. The van der Waals surface area contributed by atoms with Gasteiger partial charge in [-0.1, -0.05) is 6.07 Å². The van der Waals surface area contributed by atoms with Crippen molar-refractivity contribution in [2.24, 2.45) is 0 Å². The van der Waals surface area contributed by atoms with Crippen molar-refractivity contribution >= 4 is 5.69 Å². The van der Waals surface area contributed by atoms with Crippen LogP contribution >= 0.6 is 0 Å². The molecule has 0 amide bonds. The zero-order chi connectivity index (χ0) is 15.5. The van der Waals surface area contributed by atoms with Crippen LogP contribution in [0, 0.1) is 12.7 Å². The van der Waals surface area contributed by atoms with Crippen molar-refractivity contribution in [3.05, 3.63) is 66.4 Å². The van der Waals surface area contributed by atoms with Crippen LogP contribution in [0.4, 0.5) is 10.1 Å². The number of pyridine rings is 2. The van der Waals surface area contributed by atoms with E-state index in [4.69, 9.17) is 10.5 Å². The summed E-state index contributed by atoms with van der Waals surface area (Å²) < 4.78 is 19.0. The van der Waals surface area contributed by atoms with Crippen LogP contribution < -0.4 is 10.5 Å². The van der Waals surface area contributed by atoms with Crippen LogP contribution in [0.15, 0.2) is 54.9 Å². The van der Waals surface area contributed by atoms with Gasteiger partial charge >= 0.3 is 0 Å². The molecule has 2 N–H and O–H groups in total. The van der Waals surface area contributed by atoms with E-state index in [9.17, 15) is 4.39 Å². The molecule has 2 aromatic heterocycles. The Bertz CT molecular complexity index is 803. The lowest BCUT2D eigenvalue weighted by Gasteiger charge is -2.07. The predicted molar refractivity (Wildman–Crippen MR) is 83.1 cm³/mol. The summed E-state index contributed by atoms with van der Waals surface area (Å²) in [6.45, 7) is 1.93. The summed E-state index contributed by atoms with van der Waals surface area (Å²) in [4.78, 5) is 8.40. The molecule has 22 heavy (non-hydrogen) atoms. The summed E-state index contributed by atoms with van der Waals surface area (Å²) in [6, 6.07) is 11.8. The van der Waals surface area contributed by atoms with Gasteiger partial charge in [0.05, 0.1) is 5.69 Å². The number of benzene rings is 1. The smallest absolute Gasteiger partial charge is 0.219 e. The molecule has 2 heterocycles. The number of hydrogen-bond donors (Lipinski definition) is 1. The van der Waals surface area contributed by atoms with Crippen LogP contribution in [0.3, 0.4) is 0 Å². The third-order valence-corrected chi connectivity index (χ3v) is 3.17. The second-order valence-corrected chi connectivity index (χ2v) is 4.86. The Morgan fingerprint density at radius 1 is 1.00 bits per heavy atom. The molecule has 0 bridgehead atoms. The number of hydrogen-bond acceptors (Lipinski definition) is 4. The highest BCUT2D eigenvalue weighted by atomic mass is 19.1. The standard InChI is InChI=1S/C17H14FN3O/c1-11-2-3-13(10-21-11)12-6-7-20-17(8-12)22-14-4-5-16(19)15(18)9-14/h2-10H,19H2,1H3. The first-order valence-electron chi connectivity index (χ1n) is 6.74. The van der Waals surface area contributed by atoms with Crippen molar-refractivity contribution in [1.82, 2.24) is 9.97 Å². The lowest BCUT2D eigenvalue weighted by atomic mass is 10.1. The van der Waals surface area contributed by atoms with Gasteiger partial charge < -0.3 is 10.5 Å². The Morgan fingerprint density at radius 2 is 1.86 bits per heavy atom. The summed E-state index contributed by atoms with van der Waals surface area (Å²) in [7, 11) is 0. The first-order chi connectivity index (χ1) is 10.6. The molecule has 1 aromatic carbocycles. The normalized spacial score (nSPS) is 10.5. The molecule has 3 aromatic rings. The monoisotopic (exact) mass is 295 g/mol. The molecule has 0 aliphatic carbocycles. The average Bonchev–Trinajstić information content (AvgIpc) is 2.52. The molecule has 0 spiro atoms. The zero-order valence-corrected chi connectivity index (χ0v) is 12.0. The van der Waals surface area contributed by atoms with Crippen LogP contribution in [-0.4, -0.2) is 9.97 Å². The van der Waals surface area contributed by atoms with Crippen molar-refractivity contribution in [2.75, 3.05) is 5.73 Å². The van der Waals surface area contributed by atoms with E-state index in [1.165, 1.54) is 12.1 Å². The van der Waals surface area contributed by atoms with E-state index < -0.39 is 5.82 Å². The number of anilines is 1. The third kappa shape index (κ3) is 3.03. The van der Waals surface area contributed by atoms with Crippen molar-refractivity contribution in [3.63, 3.8) is 0 Å². The first kappa shape index (κ1) is 14.0. The molecule has 3 rings (SSSR count). The maximum atomic E-state index is 13.4. The fourth-order valence-electron chi connectivity index (χ4n) is 1.98. The summed E-state index contributed by atoms with van der Waals surface area (Å²) in [6.07, 6.45) is 3.43. The van der Waals surface area contributed by atoms with E-state index >= 15 is 0 Å². The Balaban J connectivity index is 1.87. The Labute approximate surface area is 127 Å². The van der Waals surface area contributed by atoms with Crippen molar-refractivity contribution in [3.8, 4) is 22.8 Å². The molecule has 0 unspecified atom stereocenters. The Kier molecular flexibility index (Phi) is 3.70. The van der Waals surface area contributed by atoms with E-state index in [2.05, 4.69) is 9.97 Å². The minimum atomic E-state index is -0.517. The van der Waals surface area contributed by atoms with E-state index in [0.717, 1.165) is 16.8 Å².